The van der Waals surface area contributed by atoms with Crippen LogP contribution in [0.15, 0.2) is 18.2 Å². The van der Waals surface area contributed by atoms with E-state index in [1.165, 1.54) is 16.7 Å². The molecule has 0 saturated heterocycles. The number of nitrogens with one attached hydrogen (secondary N) is 1. The molecule has 0 radical (unpaired) electrons. The molecule has 0 aliphatic carbocycles. The van der Waals surface area contributed by atoms with Crippen LogP contribution in [0.4, 0.5) is 0 Å². The van der Waals surface area contributed by atoms with E-state index in [9.17, 15) is 4.79 Å². The summed E-state index contributed by atoms with van der Waals surface area (Å²) in [5.41, 5.74) is 3.70. The molecular formula is C16H25NO2. The van der Waals surface area contributed by atoms with Gasteiger partial charge in [-0.3, -0.25) is 4.79 Å². The monoisotopic (exact) mass is 263 g/mol. The zero-order valence-electron chi connectivity index (χ0n) is 12.5. The van der Waals surface area contributed by atoms with Gasteiger partial charge in [-0.2, -0.15) is 0 Å². The molecule has 106 valence electrons. The Morgan fingerprint density at radius 1 is 1.32 bits per heavy atom. The van der Waals surface area contributed by atoms with E-state index < -0.39 is 0 Å². The maximum Gasteiger partial charge on any atom is 0.307 e. The topological polar surface area (TPSA) is 38.3 Å². The third kappa shape index (κ3) is 4.67. The predicted molar refractivity (Wildman–Crippen MR) is 78.2 cm³/mol. The van der Waals surface area contributed by atoms with Crippen molar-refractivity contribution in [1.29, 1.82) is 0 Å². The van der Waals surface area contributed by atoms with E-state index in [2.05, 4.69) is 38.2 Å². The van der Waals surface area contributed by atoms with Gasteiger partial charge in [0.1, 0.15) is 0 Å². The van der Waals surface area contributed by atoms with Crippen molar-refractivity contribution in [2.45, 2.75) is 46.6 Å². The lowest BCUT2D eigenvalue weighted by atomic mass is 9.95. The summed E-state index contributed by atoms with van der Waals surface area (Å²) in [4.78, 5) is 11.7. The molecule has 3 heteroatoms. The van der Waals surface area contributed by atoms with Crippen LogP contribution < -0.4 is 5.32 Å². The van der Waals surface area contributed by atoms with Crippen molar-refractivity contribution in [3.63, 3.8) is 0 Å². The molecule has 1 rings (SSSR count). The van der Waals surface area contributed by atoms with Gasteiger partial charge in [-0.15, -0.1) is 0 Å². The van der Waals surface area contributed by atoms with Crippen LogP contribution in [0.2, 0.25) is 0 Å². The number of hydrogen-bond donors (Lipinski definition) is 1. The molecule has 1 aromatic carbocycles. The van der Waals surface area contributed by atoms with Gasteiger partial charge in [-0.1, -0.05) is 25.1 Å². The molecule has 0 aliphatic rings. The van der Waals surface area contributed by atoms with E-state index >= 15 is 0 Å². The number of rotatable bonds is 7. The zero-order valence-corrected chi connectivity index (χ0v) is 12.5. The van der Waals surface area contributed by atoms with Gasteiger partial charge in [0.25, 0.3) is 0 Å². The fraction of sp³-hybridized carbons (Fsp3) is 0.562. The van der Waals surface area contributed by atoms with E-state index in [1.807, 2.05) is 13.0 Å². The Morgan fingerprint density at radius 3 is 2.68 bits per heavy atom. The van der Waals surface area contributed by atoms with Gasteiger partial charge >= 0.3 is 5.97 Å². The standard InChI is InChI=1S/C16H25NO2/c1-5-10-17-15(11-16(18)19-6-2)14-9-7-8-12(3)13(14)4/h7-9,15,17H,5-6,10-11H2,1-4H3. The first-order chi connectivity index (χ1) is 9.10. The first-order valence-corrected chi connectivity index (χ1v) is 7.05. The largest absolute Gasteiger partial charge is 0.466 e. The summed E-state index contributed by atoms with van der Waals surface area (Å²) < 4.78 is 5.06. The first kappa shape index (κ1) is 15.7. The van der Waals surface area contributed by atoms with Crippen molar-refractivity contribution in [3.8, 4) is 0 Å². The van der Waals surface area contributed by atoms with Gasteiger partial charge in [0.15, 0.2) is 0 Å². The highest BCUT2D eigenvalue weighted by Gasteiger charge is 2.18. The lowest BCUT2D eigenvalue weighted by Gasteiger charge is -2.21. The number of carbonyl (C=O) groups is 1. The molecule has 1 aromatic rings. The molecule has 19 heavy (non-hydrogen) atoms. The highest BCUT2D eigenvalue weighted by molar-refractivity contribution is 5.70. The second-order valence-corrected chi connectivity index (χ2v) is 4.80. The van der Waals surface area contributed by atoms with Crippen LogP contribution in [0.5, 0.6) is 0 Å². The van der Waals surface area contributed by atoms with Crippen LogP contribution in [-0.2, 0) is 9.53 Å². The van der Waals surface area contributed by atoms with Gasteiger partial charge in [0.05, 0.1) is 13.0 Å². The van der Waals surface area contributed by atoms with Crippen LogP contribution in [0.25, 0.3) is 0 Å². The average molecular weight is 263 g/mol. The zero-order chi connectivity index (χ0) is 14.3. The number of ether oxygens (including phenoxy) is 1. The summed E-state index contributed by atoms with van der Waals surface area (Å²) in [7, 11) is 0. The highest BCUT2D eigenvalue weighted by Crippen LogP contribution is 2.23. The smallest absolute Gasteiger partial charge is 0.307 e. The van der Waals surface area contributed by atoms with Crippen LogP contribution in [0.3, 0.4) is 0 Å². The van der Waals surface area contributed by atoms with E-state index in [1.54, 1.807) is 0 Å². The van der Waals surface area contributed by atoms with Crippen molar-refractivity contribution in [2.75, 3.05) is 13.2 Å². The lowest BCUT2D eigenvalue weighted by Crippen LogP contribution is -2.26. The quantitative estimate of drug-likeness (QED) is 0.767. The fourth-order valence-corrected chi connectivity index (χ4v) is 2.15. The molecule has 0 aromatic heterocycles. The Bertz CT molecular complexity index is 415. The maximum absolute atomic E-state index is 11.7. The summed E-state index contributed by atoms with van der Waals surface area (Å²) in [6, 6.07) is 6.28. The van der Waals surface area contributed by atoms with E-state index in [0.717, 1.165) is 13.0 Å². The van der Waals surface area contributed by atoms with Crippen molar-refractivity contribution < 1.29 is 9.53 Å². The molecule has 1 unspecified atom stereocenters. The third-order valence-corrected chi connectivity index (χ3v) is 3.34. The molecule has 3 nitrogen and oxygen atoms in total. The summed E-state index contributed by atoms with van der Waals surface area (Å²) in [5.74, 6) is -0.142. The Morgan fingerprint density at radius 2 is 2.05 bits per heavy atom. The van der Waals surface area contributed by atoms with Gasteiger partial charge in [0.2, 0.25) is 0 Å². The van der Waals surface area contributed by atoms with Crippen molar-refractivity contribution >= 4 is 5.97 Å². The Hall–Kier alpha value is -1.35. The molecule has 0 saturated carbocycles. The molecule has 0 bridgehead atoms. The van der Waals surface area contributed by atoms with Crippen LogP contribution >= 0.6 is 0 Å². The van der Waals surface area contributed by atoms with E-state index in [4.69, 9.17) is 4.74 Å². The van der Waals surface area contributed by atoms with E-state index in [-0.39, 0.29) is 12.0 Å². The van der Waals surface area contributed by atoms with Crippen LogP contribution in [0.1, 0.15) is 49.4 Å². The molecule has 1 N–H and O–H groups in total. The number of esters is 1. The minimum atomic E-state index is -0.142. The molecule has 0 heterocycles. The molecule has 1 atom stereocenters. The summed E-state index contributed by atoms with van der Waals surface area (Å²) in [6.45, 7) is 9.50. The van der Waals surface area contributed by atoms with Crippen molar-refractivity contribution in [2.24, 2.45) is 0 Å². The second-order valence-electron chi connectivity index (χ2n) is 4.80. The predicted octanol–water partition coefficient (Wildman–Crippen LogP) is 3.30. The average Bonchev–Trinajstić information content (AvgIpc) is 2.38. The number of carbonyl (C=O) groups excluding carboxylic acids is 1. The van der Waals surface area contributed by atoms with Gasteiger partial charge < -0.3 is 10.1 Å². The third-order valence-electron chi connectivity index (χ3n) is 3.34. The van der Waals surface area contributed by atoms with Crippen molar-refractivity contribution in [1.82, 2.24) is 5.32 Å². The lowest BCUT2D eigenvalue weighted by molar-refractivity contribution is -0.143. The van der Waals surface area contributed by atoms with Gasteiger partial charge in [0, 0.05) is 6.04 Å². The van der Waals surface area contributed by atoms with Crippen molar-refractivity contribution in [3.05, 3.63) is 34.9 Å². The molecule has 0 spiro atoms. The summed E-state index contributed by atoms with van der Waals surface area (Å²) >= 11 is 0. The van der Waals surface area contributed by atoms with Crippen LogP contribution in [0, 0.1) is 13.8 Å². The Labute approximate surface area is 116 Å². The normalized spacial score (nSPS) is 12.2. The molecule has 0 fully saturated rings. The Balaban J connectivity index is 2.89. The van der Waals surface area contributed by atoms with E-state index in [0.29, 0.717) is 13.0 Å². The SMILES string of the molecule is CCCNC(CC(=O)OCC)c1cccc(C)c1C. The molecule has 0 amide bonds. The number of benzene rings is 1. The second kappa shape index (κ2) is 7.95. The summed E-state index contributed by atoms with van der Waals surface area (Å²) in [5, 5.41) is 3.44. The first-order valence-electron chi connectivity index (χ1n) is 7.05. The maximum atomic E-state index is 11.7. The highest BCUT2D eigenvalue weighted by atomic mass is 16.5. The van der Waals surface area contributed by atoms with Gasteiger partial charge in [-0.25, -0.2) is 0 Å². The number of hydrogen-bond acceptors (Lipinski definition) is 3. The molecule has 0 aliphatic heterocycles. The minimum absolute atomic E-state index is 0.0406. The molecular weight excluding hydrogens is 238 g/mol. The number of aryl methyl sites for hydroxylation is 1. The van der Waals surface area contributed by atoms with Crippen LogP contribution in [-0.4, -0.2) is 19.1 Å². The Kier molecular flexibility index (Phi) is 6.57. The minimum Gasteiger partial charge on any atom is -0.466 e. The fourth-order valence-electron chi connectivity index (χ4n) is 2.15. The summed E-state index contributed by atoms with van der Waals surface area (Å²) in [6.07, 6.45) is 1.43. The van der Waals surface area contributed by atoms with Gasteiger partial charge in [-0.05, 0) is 50.4 Å².